The Hall–Kier alpha value is -1.49. The van der Waals surface area contributed by atoms with E-state index in [9.17, 15) is 45.6 Å². The SMILES string of the molecule is CC1(C(=O)O)CCC2(C)CCC3(C)C(=C2C1)C=CC1C2(C)CCC(OC4OC(CO)C(OC5OC(CO)C(O)C(O)C5O)C(O)C4O)C(C)(C)C2CCC13C. The predicted molar refractivity (Wildman–Crippen MR) is 198 cm³/mol. The molecule has 8 N–H and O–H groups in total. The van der Waals surface area contributed by atoms with Crippen LogP contribution in [0.25, 0.3) is 0 Å². The number of rotatable bonds is 7. The minimum absolute atomic E-state index is 0.0241. The third-order valence-electron chi connectivity index (χ3n) is 16.9. The molecule has 18 atom stereocenters. The van der Waals surface area contributed by atoms with E-state index < -0.39 is 86.0 Å². The number of carboxylic acid groups (broad SMARTS) is 1. The number of carboxylic acids is 1. The van der Waals surface area contributed by atoms with Crippen molar-refractivity contribution in [3.8, 4) is 0 Å². The molecule has 7 aliphatic rings. The lowest BCUT2D eigenvalue weighted by Crippen LogP contribution is -2.66. The van der Waals surface area contributed by atoms with Gasteiger partial charge in [0, 0.05) is 0 Å². The minimum Gasteiger partial charge on any atom is -0.481 e. The van der Waals surface area contributed by atoms with Gasteiger partial charge in [-0.25, -0.2) is 0 Å². The van der Waals surface area contributed by atoms with E-state index >= 15 is 0 Å². The molecule has 0 amide bonds. The topological polar surface area (TPSA) is 216 Å². The van der Waals surface area contributed by atoms with Gasteiger partial charge in [0.1, 0.15) is 48.8 Å². The van der Waals surface area contributed by atoms with Crippen molar-refractivity contribution in [1.29, 1.82) is 0 Å². The van der Waals surface area contributed by atoms with E-state index in [0.717, 1.165) is 38.5 Å². The molecule has 2 aliphatic heterocycles. The van der Waals surface area contributed by atoms with E-state index in [-0.39, 0.29) is 45.0 Å². The molecule has 0 bridgehead atoms. The number of aliphatic hydroxyl groups excluding tert-OH is 7. The van der Waals surface area contributed by atoms with E-state index in [0.29, 0.717) is 19.3 Å². The second-order valence-electron chi connectivity index (χ2n) is 20.2. The summed E-state index contributed by atoms with van der Waals surface area (Å²) in [5.41, 5.74) is 1.44. The third kappa shape index (κ3) is 6.16. The molecule has 7 rings (SSSR count). The van der Waals surface area contributed by atoms with Crippen molar-refractivity contribution in [3.63, 3.8) is 0 Å². The fourth-order valence-electron chi connectivity index (χ4n) is 12.9. The Morgan fingerprint density at radius 1 is 0.745 bits per heavy atom. The highest BCUT2D eigenvalue weighted by Gasteiger charge is 2.67. The number of aliphatic hydroxyl groups is 7. The van der Waals surface area contributed by atoms with Crippen molar-refractivity contribution in [2.24, 2.45) is 44.3 Å². The second kappa shape index (κ2) is 14.1. The molecular formula is C42H66O13. The van der Waals surface area contributed by atoms with E-state index in [2.05, 4.69) is 53.7 Å². The predicted octanol–water partition coefficient (Wildman–Crippen LogP) is 2.80. The summed E-state index contributed by atoms with van der Waals surface area (Å²) in [7, 11) is 0. The van der Waals surface area contributed by atoms with Gasteiger partial charge in [0.05, 0.1) is 24.7 Å². The van der Waals surface area contributed by atoms with Crippen molar-refractivity contribution in [2.75, 3.05) is 13.2 Å². The molecule has 13 nitrogen and oxygen atoms in total. The average molecular weight is 779 g/mol. The zero-order valence-electron chi connectivity index (χ0n) is 33.6. The Bertz CT molecular complexity index is 1540. The molecule has 2 heterocycles. The third-order valence-corrected chi connectivity index (χ3v) is 16.9. The van der Waals surface area contributed by atoms with Gasteiger partial charge in [-0.05, 0) is 109 Å². The molecule has 0 spiro atoms. The first kappa shape index (κ1) is 41.7. The van der Waals surface area contributed by atoms with Crippen LogP contribution in [0.2, 0.25) is 0 Å². The summed E-state index contributed by atoms with van der Waals surface area (Å²) in [6.45, 7) is 14.7. The van der Waals surface area contributed by atoms with Crippen LogP contribution >= 0.6 is 0 Å². The lowest BCUT2D eigenvalue weighted by Gasteiger charge is -2.69. The first-order valence-corrected chi connectivity index (χ1v) is 20.5. The van der Waals surface area contributed by atoms with Gasteiger partial charge in [0.25, 0.3) is 0 Å². The first-order valence-electron chi connectivity index (χ1n) is 20.5. The van der Waals surface area contributed by atoms with Crippen LogP contribution in [-0.4, -0.2) is 128 Å². The van der Waals surface area contributed by atoms with E-state index in [4.69, 9.17) is 18.9 Å². The monoisotopic (exact) mass is 778 g/mol. The quantitative estimate of drug-likeness (QED) is 0.175. The Labute approximate surface area is 324 Å². The van der Waals surface area contributed by atoms with Gasteiger partial charge >= 0.3 is 5.97 Å². The van der Waals surface area contributed by atoms with Gasteiger partial charge < -0.3 is 59.8 Å². The van der Waals surface area contributed by atoms with E-state index in [1.54, 1.807) is 0 Å². The summed E-state index contributed by atoms with van der Waals surface area (Å²) < 4.78 is 23.9. The molecule has 13 heteroatoms. The fourth-order valence-corrected chi connectivity index (χ4v) is 12.9. The molecule has 312 valence electrons. The number of hydrogen-bond acceptors (Lipinski definition) is 12. The number of aliphatic carboxylic acids is 1. The minimum atomic E-state index is -1.74. The Morgan fingerprint density at radius 3 is 2.02 bits per heavy atom. The number of allylic oxidation sites excluding steroid dienone is 4. The van der Waals surface area contributed by atoms with Crippen LogP contribution in [0.4, 0.5) is 0 Å². The van der Waals surface area contributed by atoms with Crippen LogP contribution in [0.1, 0.15) is 106 Å². The summed E-state index contributed by atoms with van der Waals surface area (Å²) in [6, 6.07) is 0. The molecule has 5 fully saturated rings. The molecule has 55 heavy (non-hydrogen) atoms. The summed E-state index contributed by atoms with van der Waals surface area (Å²) in [4.78, 5) is 12.5. The van der Waals surface area contributed by atoms with Crippen LogP contribution in [0.3, 0.4) is 0 Å². The highest BCUT2D eigenvalue weighted by atomic mass is 16.7. The molecule has 18 unspecified atom stereocenters. The number of carbonyl (C=O) groups is 1. The van der Waals surface area contributed by atoms with Crippen LogP contribution in [-0.2, 0) is 23.7 Å². The number of hydrogen-bond donors (Lipinski definition) is 8. The Balaban J connectivity index is 1.10. The van der Waals surface area contributed by atoms with Gasteiger partial charge in [-0.3, -0.25) is 4.79 Å². The average Bonchev–Trinajstić information content (AvgIpc) is 3.13. The van der Waals surface area contributed by atoms with Gasteiger partial charge in [0.15, 0.2) is 12.6 Å². The molecular weight excluding hydrogens is 712 g/mol. The van der Waals surface area contributed by atoms with Crippen molar-refractivity contribution < 1.29 is 64.6 Å². The first-order chi connectivity index (χ1) is 25.6. The molecule has 0 aromatic heterocycles. The lowest BCUT2D eigenvalue weighted by molar-refractivity contribution is -0.368. The Kier molecular flexibility index (Phi) is 10.7. The highest BCUT2D eigenvalue weighted by Crippen LogP contribution is 2.74. The van der Waals surface area contributed by atoms with E-state index in [1.165, 1.54) is 11.1 Å². The summed E-state index contributed by atoms with van der Waals surface area (Å²) in [5, 5.41) is 83.7. The van der Waals surface area contributed by atoms with Crippen LogP contribution in [0, 0.1) is 44.3 Å². The van der Waals surface area contributed by atoms with Crippen molar-refractivity contribution in [2.45, 2.75) is 174 Å². The number of ether oxygens (including phenoxy) is 4. The number of fused-ring (bicyclic) bond motifs is 6. The highest BCUT2D eigenvalue weighted by molar-refractivity contribution is 5.75. The molecule has 2 saturated heterocycles. The van der Waals surface area contributed by atoms with Gasteiger partial charge in [-0.2, -0.15) is 0 Å². The smallest absolute Gasteiger partial charge is 0.309 e. The maximum absolute atomic E-state index is 12.5. The standard InChI is InChI=1S/C42H66O13/c1-37(2)25-10-13-42(7)26(9-8-21-22-18-39(4,36(50)51)15-14-38(22,3)16-17-41(21,42)6)40(25,5)12-11-27(37)54-34-32(49)30(47)33(24(20-44)53-34)55-35-31(48)29(46)28(45)23(19-43)52-35/h8-9,23-35,43-49H,10-20H2,1-7H3,(H,50,51). The fraction of sp³-hybridized carbons (Fsp3) is 0.881. The molecule has 3 saturated carbocycles. The molecule has 0 radical (unpaired) electrons. The normalized spacial score (nSPS) is 53.5. The van der Waals surface area contributed by atoms with Crippen molar-refractivity contribution >= 4 is 5.97 Å². The summed E-state index contributed by atoms with van der Waals surface area (Å²) in [6.07, 6.45) is -2.69. The van der Waals surface area contributed by atoms with Gasteiger partial charge in [-0.15, -0.1) is 0 Å². The summed E-state index contributed by atoms with van der Waals surface area (Å²) in [5.74, 6) is -0.175. The van der Waals surface area contributed by atoms with Gasteiger partial charge in [0.2, 0.25) is 0 Å². The largest absolute Gasteiger partial charge is 0.481 e. The zero-order chi connectivity index (χ0) is 40.3. The van der Waals surface area contributed by atoms with Crippen LogP contribution < -0.4 is 0 Å². The Morgan fingerprint density at radius 2 is 1.36 bits per heavy atom. The molecule has 5 aliphatic carbocycles. The zero-order valence-corrected chi connectivity index (χ0v) is 33.6. The maximum atomic E-state index is 12.5. The van der Waals surface area contributed by atoms with Crippen LogP contribution in [0.5, 0.6) is 0 Å². The maximum Gasteiger partial charge on any atom is 0.309 e. The van der Waals surface area contributed by atoms with Crippen LogP contribution in [0.15, 0.2) is 23.3 Å². The van der Waals surface area contributed by atoms with Crippen molar-refractivity contribution in [3.05, 3.63) is 23.3 Å². The molecule has 0 aromatic rings. The molecule has 0 aromatic carbocycles. The van der Waals surface area contributed by atoms with Gasteiger partial charge in [-0.1, -0.05) is 59.3 Å². The van der Waals surface area contributed by atoms with E-state index in [1.807, 2.05) is 6.92 Å². The summed E-state index contributed by atoms with van der Waals surface area (Å²) >= 11 is 0. The van der Waals surface area contributed by atoms with Crippen molar-refractivity contribution in [1.82, 2.24) is 0 Å². The lowest BCUT2D eigenvalue weighted by atomic mass is 9.35. The second-order valence-corrected chi connectivity index (χ2v) is 20.2.